The van der Waals surface area contributed by atoms with E-state index in [9.17, 15) is 14.0 Å². The molecule has 88 valence electrons. The maximum atomic E-state index is 12.5. The molecule has 1 unspecified atom stereocenters. The number of hydrogen-bond donors (Lipinski definition) is 2. The van der Waals surface area contributed by atoms with Crippen LogP contribution in [0.4, 0.5) is 4.39 Å². The van der Waals surface area contributed by atoms with Gasteiger partial charge < -0.3 is 16.3 Å². The van der Waals surface area contributed by atoms with Crippen molar-refractivity contribution in [2.45, 2.75) is 12.5 Å². The van der Waals surface area contributed by atoms with Gasteiger partial charge in [-0.05, 0) is 24.3 Å². The summed E-state index contributed by atoms with van der Waals surface area (Å²) >= 11 is 0. The van der Waals surface area contributed by atoms with Crippen LogP contribution in [0.3, 0.4) is 0 Å². The van der Waals surface area contributed by atoms with Gasteiger partial charge in [0.1, 0.15) is 5.82 Å². The molecular weight excluding hydrogens is 217 g/mol. The van der Waals surface area contributed by atoms with Crippen LogP contribution in [0, 0.1) is 5.82 Å². The Morgan fingerprint density at radius 1 is 1.31 bits per heavy atom. The quantitative estimate of drug-likeness (QED) is 0.706. The number of benzene rings is 1. The molecule has 0 aliphatic rings. The lowest BCUT2D eigenvalue weighted by molar-refractivity contribution is -0.137. The van der Waals surface area contributed by atoms with Crippen LogP contribution in [-0.2, 0) is 4.79 Å². The van der Waals surface area contributed by atoms with E-state index in [1.54, 1.807) is 0 Å². The van der Waals surface area contributed by atoms with Crippen molar-refractivity contribution in [3.63, 3.8) is 0 Å². The number of carboxylic acid groups (broad SMARTS) is 1. The fourth-order valence-corrected chi connectivity index (χ4v) is 1.11. The third-order valence-electron chi connectivity index (χ3n) is 1.86. The van der Waals surface area contributed by atoms with Crippen LogP contribution < -0.4 is 5.73 Å². The second-order valence-electron chi connectivity index (χ2n) is 3.08. The molecule has 0 aliphatic carbocycles. The maximum absolute atomic E-state index is 12.5. The van der Waals surface area contributed by atoms with E-state index in [-0.39, 0.29) is 11.0 Å². The molecule has 0 fully saturated rings. The number of hydrogen-bond acceptors (Lipinski definition) is 3. The highest BCUT2D eigenvalue weighted by Gasteiger charge is 2.18. The Balaban J connectivity index is 0.00000225. The lowest BCUT2D eigenvalue weighted by Gasteiger charge is -2.07. The number of carbonyl (C=O) groups is 2. The van der Waals surface area contributed by atoms with Gasteiger partial charge in [-0.2, -0.15) is 0 Å². The number of carbonyl (C=O) groups excluding carboxylic acids is 1. The Morgan fingerprint density at radius 2 is 1.81 bits per heavy atom. The Hall–Kier alpha value is -1.79. The summed E-state index contributed by atoms with van der Waals surface area (Å²) < 4.78 is 12.5. The number of aliphatic carboxylic acids is 1. The first kappa shape index (κ1) is 14.2. The Labute approximate surface area is 91.0 Å². The average molecular weight is 229 g/mol. The minimum absolute atomic E-state index is 0. The highest BCUT2D eigenvalue weighted by Crippen LogP contribution is 2.06. The minimum atomic E-state index is -1.14. The van der Waals surface area contributed by atoms with E-state index < -0.39 is 30.0 Å². The van der Waals surface area contributed by atoms with E-state index in [1.807, 2.05) is 0 Å². The van der Waals surface area contributed by atoms with E-state index in [2.05, 4.69) is 0 Å². The summed E-state index contributed by atoms with van der Waals surface area (Å²) in [6.45, 7) is 0. The van der Waals surface area contributed by atoms with Gasteiger partial charge in [0.2, 0.25) is 0 Å². The molecule has 6 heteroatoms. The standard InChI is InChI=1S/C10H10FNO3.H2O/c11-7-3-1-6(2-4-7)10(15)8(12)5-9(13)14;/h1-4,8H,5,12H2,(H,13,14);1H2. The van der Waals surface area contributed by atoms with Crippen LogP contribution in [-0.4, -0.2) is 28.4 Å². The lowest BCUT2D eigenvalue weighted by atomic mass is 10.0. The van der Waals surface area contributed by atoms with Gasteiger partial charge in [-0.15, -0.1) is 0 Å². The van der Waals surface area contributed by atoms with Crippen molar-refractivity contribution in [1.82, 2.24) is 0 Å². The Kier molecular flexibility index (Phi) is 5.27. The number of halogens is 1. The van der Waals surface area contributed by atoms with Crippen molar-refractivity contribution in [2.24, 2.45) is 5.73 Å². The van der Waals surface area contributed by atoms with Gasteiger partial charge in [-0.25, -0.2) is 4.39 Å². The van der Waals surface area contributed by atoms with E-state index in [0.29, 0.717) is 0 Å². The topological polar surface area (TPSA) is 112 Å². The first-order valence-corrected chi connectivity index (χ1v) is 4.28. The van der Waals surface area contributed by atoms with Crippen molar-refractivity contribution in [3.8, 4) is 0 Å². The van der Waals surface area contributed by atoms with Crippen LogP contribution >= 0.6 is 0 Å². The summed E-state index contributed by atoms with van der Waals surface area (Å²) in [7, 11) is 0. The summed E-state index contributed by atoms with van der Waals surface area (Å²) in [6.07, 6.45) is -0.434. The van der Waals surface area contributed by atoms with E-state index in [0.717, 1.165) is 12.1 Å². The summed E-state index contributed by atoms with van der Waals surface area (Å²) in [5, 5.41) is 8.43. The van der Waals surface area contributed by atoms with Gasteiger partial charge >= 0.3 is 5.97 Å². The number of Topliss-reactive ketones (excluding diaryl/α,β-unsaturated/α-hetero) is 1. The minimum Gasteiger partial charge on any atom is -0.481 e. The Bertz CT molecular complexity index is 377. The van der Waals surface area contributed by atoms with Crippen molar-refractivity contribution in [1.29, 1.82) is 0 Å². The lowest BCUT2D eigenvalue weighted by Crippen LogP contribution is -2.32. The molecule has 5 nitrogen and oxygen atoms in total. The predicted molar refractivity (Wildman–Crippen MR) is 54.6 cm³/mol. The van der Waals surface area contributed by atoms with Crippen molar-refractivity contribution < 1.29 is 24.6 Å². The van der Waals surface area contributed by atoms with Gasteiger partial charge in [-0.3, -0.25) is 9.59 Å². The van der Waals surface area contributed by atoms with Crippen LogP contribution in [0.15, 0.2) is 24.3 Å². The third-order valence-corrected chi connectivity index (χ3v) is 1.86. The van der Waals surface area contributed by atoms with Crippen LogP contribution in [0.25, 0.3) is 0 Å². The van der Waals surface area contributed by atoms with Gasteiger partial charge in [-0.1, -0.05) is 0 Å². The molecule has 0 aliphatic heterocycles. The molecule has 16 heavy (non-hydrogen) atoms. The summed E-state index contributed by atoms with van der Waals surface area (Å²) in [5.74, 6) is -2.10. The number of rotatable bonds is 4. The SMILES string of the molecule is NC(CC(=O)O)C(=O)c1ccc(F)cc1.O. The summed E-state index contributed by atoms with van der Waals surface area (Å²) in [4.78, 5) is 21.8. The highest BCUT2D eigenvalue weighted by molar-refractivity contribution is 6.01. The first-order valence-electron chi connectivity index (χ1n) is 4.28. The molecular formula is C10H12FNO4. The fraction of sp³-hybridized carbons (Fsp3) is 0.200. The molecule has 5 N–H and O–H groups in total. The highest BCUT2D eigenvalue weighted by atomic mass is 19.1. The normalized spacial score (nSPS) is 11.4. The van der Waals surface area contributed by atoms with Crippen molar-refractivity contribution in [2.75, 3.05) is 0 Å². The zero-order valence-corrected chi connectivity index (χ0v) is 8.31. The first-order chi connectivity index (χ1) is 7.00. The molecule has 0 saturated heterocycles. The smallest absolute Gasteiger partial charge is 0.305 e. The molecule has 0 aromatic heterocycles. The average Bonchev–Trinajstić information content (AvgIpc) is 2.17. The maximum Gasteiger partial charge on any atom is 0.305 e. The number of carboxylic acids is 1. The summed E-state index contributed by atoms with van der Waals surface area (Å²) in [6, 6.07) is 3.72. The molecule has 0 amide bonds. The van der Waals surface area contributed by atoms with Gasteiger partial charge in [0.15, 0.2) is 5.78 Å². The fourth-order valence-electron chi connectivity index (χ4n) is 1.11. The zero-order valence-electron chi connectivity index (χ0n) is 8.31. The van der Waals surface area contributed by atoms with Crippen molar-refractivity contribution >= 4 is 11.8 Å². The van der Waals surface area contributed by atoms with Crippen LogP contribution in [0.5, 0.6) is 0 Å². The van der Waals surface area contributed by atoms with Crippen molar-refractivity contribution in [3.05, 3.63) is 35.6 Å². The van der Waals surface area contributed by atoms with Gasteiger partial charge in [0, 0.05) is 5.56 Å². The molecule has 1 rings (SSSR count). The van der Waals surface area contributed by atoms with Crippen LogP contribution in [0.2, 0.25) is 0 Å². The zero-order chi connectivity index (χ0) is 11.4. The van der Waals surface area contributed by atoms with E-state index >= 15 is 0 Å². The Morgan fingerprint density at radius 3 is 2.25 bits per heavy atom. The molecule has 0 saturated carbocycles. The molecule has 1 atom stereocenters. The monoisotopic (exact) mass is 229 g/mol. The summed E-state index contributed by atoms with van der Waals surface area (Å²) in [5.41, 5.74) is 5.58. The van der Waals surface area contributed by atoms with E-state index in [4.69, 9.17) is 10.8 Å². The van der Waals surface area contributed by atoms with Crippen LogP contribution in [0.1, 0.15) is 16.8 Å². The molecule has 0 radical (unpaired) electrons. The molecule has 0 heterocycles. The second kappa shape index (κ2) is 5.94. The van der Waals surface area contributed by atoms with Gasteiger partial charge in [0.25, 0.3) is 0 Å². The number of ketones is 1. The van der Waals surface area contributed by atoms with Gasteiger partial charge in [0.05, 0.1) is 12.5 Å². The second-order valence-corrected chi connectivity index (χ2v) is 3.08. The number of nitrogens with two attached hydrogens (primary N) is 1. The third kappa shape index (κ3) is 3.76. The largest absolute Gasteiger partial charge is 0.481 e. The molecule has 0 bridgehead atoms. The molecule has 1 aromatic rings. The molecule has 1 aromatic carbocycles. The van der Waals surface area contributed by atoms with E-state index in [1.165, 1.54) is 12.1 Å². The molecule has 0 spiro atoms. The predicted octanol–water partition coefficient (Wildman–Crippen LogP) is -0.0143.